The minimum absolute atomic E-state index is 0.628. The summed E-state index contributed by atoms with van der Waals surface area (Å²) in [6, 6.07) is 4.47. The molecule has 0 saturated carbocycles. The van der Waals surface area contributed by atoms with E-state index < -0.39 is 0 Å². The Morgan fingerprint density at radius 1 is 0.867 bits per heavy atom. The molecule has 0 bridgehead atoms. The zero-order valence-corrected chi connectivity index (χ0v) is 19.6. The first-order valence-corrected chi connectivity index (χ1v) is 10.5. The lowest BCUT2D eigenvalue weighted by Crippen LogP contribution is -2.31. The van der Waals surface area contributed by atoms with Gasteiger partial charge in [-0.05, 0) is 58.2 Å². The van der Waals surface area contributed by atoms with E-state index in [1.54, 1.807) is 14.2 Å². The highest BCUT2D eigenvalue weighted by atomic mass is 16.5. The van der Waals surface area contributed by atoms with Gasteiger partial charge < -0.3 is 14.4 Å². The Hall–Kier alpha value is -2.44. The van der Waals surface area contributed by atoms with Crippen molar-refractivity contribution in [3.63, 3.8) is 0 Å². The van der Waals surface area contributed by atoms with Crippen molar-refractivity contribution < 1.29 is 9.47 Å². The van der Waals surface area contributed by atoms with Gasteiger partial charge in [0, 0.05) is 33.0 Å². The van der Waals surface area contributed by atoms with E-state index in [9.17, 15) is 0 Å². The summed E-state index contributed by atoms with van der Waals surface area (Å²) < 4.78 is 13.0. The molecule has 0 aliphatic heterocycles. The zero-order valence-electron chi connectivity index (χ0n) is 19.6. The maximum absolute atomic E-state index is 5.36. The lowest BCUT2D eigenvalue weighted by molar-refractivity contribution is 0.190. The average Bonchev–Trinajstić information content (AvgIpc) is 2.92. The molecule has 0 saturated heterocycles. The molecule has 30 heavy (non-hydrogen) atoms. The van der Waals surface area contributed by atoms with Crippen LogP contribution in [0, 0.1) is 41.5 Å². The van der Waals surface area contributed by atoms with E-state index in [2.05, 4.69) is 56.2 Å². The molecule has 6 nitrogen and oxygen atoms in total. The van der Waals surface area contributed by atoms with Gasteiger partial charge in [-0.15, -0.1) is 0 Å². The lowest BCUT2D eigenvalue weighted by Gasteiger charge is -2.24. The minimum atomic E-state index is 0.628. The Balaban J connectivity index is 2.30. The van der Waals surface area contributed by atoms with Gasteiger partial charge >= 0.3 is 0 Å². The number of nitrogens with zero attached hydrogens (tertiary/aromatic N) is 4. The molecule has 3 rings (SSSR count). The number of hydrogen-bond acceptors (Lipinski definition) is 5. The summed E-state index contributed by atoms with van der Waals surface area (Å²) in [5.41, 5.74) is 8.35. The van der Waals surface area contributed by atoms with Crippen molar-refractivity contribution in [3.05, 3.63) is 45.9 Å². The average molecular weight is 411 g/mol. The maximum atomic E-state index is 5.36. The van der Waals surface area contributed by atoms with Crippen LogP contribution in [0.3, 0.4) is 0 Å². The van der Waals surface area contributed by atoms with Gasteiger partial charge in [0.2, 0.25) is 0 Å². The Bertz CT molecular complexity index is 1020. The summed E-state index contributed by atoms with van der Waals surface area (Å²) in [7, 11) is 3.45. The highest BCUT2D eigenvalue weighted by Gasteiger charge is 2.23. The molecule has 0 atom stereocenters. The fourth-order valence-corrected chi connectivity index (χ4v) is 4.30. The molecule has 2 heterocycles. The summed E-state index contributed by atoms with van der Waals surface area (Å²) in [5.74, 6) is 1.71. The quantitative estimate of drug-likeness (QED) is 0.552. The van der Waals surface area contributed by atoms with E-state index in [-0.39, 0.29) is 0 Å². The highest BCUT2D eigenvalue weighted by molar-refractivity contribution is 5.94. The van der Waals surface area contributed by atoms with Gasteiger partial charge in [-0.25, -0.2) is 9.97 Å². The van der Waals surface area contributed by atoms with Gasteiger partial charge in [0.05, 0.1) is 24.3 Å². The first-order chi connectivity index (χ1) is 14.3. The predicted octanol–water partition coefficient (Wildman–Crippen LogP) is 4.37. The monoisotopic (exact) mass is 410 g/mol. The van der Waals surface area contributed by atoms with Gasteiger partial charge in [-0.3, -0.25) is 4.57 Å². The minimum Gasteiger partial charge on any atom is -0.383 e. The van der Waals surface area contributed by atoms with E-state index in [0.29, 0.717) is 13.2 Å². The number of methoxy groups -OCH3 is 2. The first kappa shape index (κ1) is 22.2. The third-order valence-electron chi connectivity index (χ3n) is 5.74. The SMILES string of the molecule is COCCN(CCOC)c1nc(C)nc2c1c(C)c(C)n2-c1c(C)cc(C)cc1C. The lowest BCUT2D eigenvalue weighted by atomic mass is 10.0. The topological polar surface area (TPSA) is 52.4 Å². The van der Waals surface area contributed by atoms with Crippen LogP contribution in [0.5, 0.6) is 0 Å². The summed E-state index contributed by atoms with van der Waals surface area (Å²) in [6.45, 7) is 15.5. The summed E-state index contributed by atoms with van der Waals surface area (Å²) in [4.78, 5) is 12.0. The summed E-state index contributed by atoms with van der Waals surface area (Å²) in [5, 5.41) is 1.10. The number of rotatable bonds is 8. The van der Waals surface area contributed by atoms with Crippen LogP contribution in [0.1, 0.15) is 33.8 Å². The molecule has 0 aliphatic carbocycles. The molecule has 0 amide bonds. The van der Waals surface area contributed by atoms with E-state index >= 15 is 0 Å². The molecule has 1 aromatic carbocycles. The van der Waals surface area contributed by atoms with Crippen LogP contribution < -0.4 is 4.90 Å². The second-order valence-electron chi connectivity index (χ2n) is 8.06. The molecule has 162 valence electrons. The first-order valence-electron chi connectivity index (χ1n) is 10.5. The fourth-order valence-electron chi connectivity index (χ4n) is 4.30. The number of benzene rings is 1. The fraction of sp³-hybridized carbons (Fsp3) is 0.500. The number of fused-ring (bicyclic) bond motifs is 1. The zero-order chi connectivity index (χ0) is 22.0. The third-order valence-corrected chi connectivity index (χ3v) is 5.74. The molecule has 0 spiro atoms. The molecule has 3 aromatic rings. The van der Waals surface area contributed by atoms with Crippen LogP contribution >= 0.6 is 0 Å². The van der Waals surface area contributed by atoms with Crippen molar-refractivity contribution in [2.75, 3.05) is 45.4 Å². The largest absolute Gasteiger partial charge is 0.383 e. The molecular weight excluding hydrogens is 376 g/mol. The van der Waals surface area contributed by atoms with Gasteiger partial charge in [0.15, 0.2) is 5.65 Å². The predicted molar refractivity (Wildman–Crippen MR) is 123 cm³/mol. The number of hydrogen-bond donors (Lipinski definition) is 0. The normalized spacial score (nSPS) is 11.5. The molecule has 6 heteroatoms. The Kier molecular flexibility index (Phi) is 6.78. The Morgan fingerprint density at radius 2 is 1.43 bits per heavy atom. The number of aromatic nitrogens is 3. The van der Waals surface area contributed by atoms with Crippen molar-refractivity contribution in [2.24, 2.45) is 0 Å². The standard InChI is InChI=1S/C24H34N4O2/c1-15-13-16(2)22(17(3)14-15)28-19(5)18(4)21-23(25-20(6)26-24(21)28)27(9-11-29-7)10-12-30-8/h13-14H,9-12H2,1-8H3. The van der Waals surface area contributed by atoms with Crippen LogP contribution in [0.4, 0.5) is 5.82 Å². The maximum Gasteiger partial charge on any atom is 0.150 e. The second kappa shape index (κ2) is 9.14. The van der Waals surface area contributed by atoms with E-state index in [0.717, 1.165) is 35.8 Å². The van der Waals surface area contributed by atoms with E-state index in [1.807, 2.05) is 6.92 Å². The van der Waals surface area contributed by atoms with Crippen LogP contribution in [-0.2, 0) is 9.47 Å². The van der Waals surface area contributed by atoms with Crippen LogP contribution in [0.2, 0.25) is 0 Å². The van der Waals surface area contributed by atoms with Crippen molar-refractivity contribution in [1.82, 2.24) is 14.5 Å². The number of anilines is 1. The van der Waals surface area contributed by atoms with Crippen molar-refractivity contribution in [2.45, 2.75) is 41.5 Å². The van der Waals surface area contributed by atoms with Gasteiger partial charge in [0.1, 0.15) is 11.6 Å². The molecule has 0 unspecified atom stereocenters. The Morgan fingerprint density at radius 3 is 1.97 bits per heavy atom. The number of aryl methyl sites for hydroxylation is 5. The van der Waals surface area contributed by atoms with Gasteiger partial charge in [-0.1, -0.05) is 17.7 Å². The third kappa shape index (κ3) is 4.07. The molecule has 0 fully saturated rings. The van der Waals surface area contributed by atoms with Crippen molar-refractivity contribution >= 4 is 16.9 Å². The van der Waals surface area contributed by atoms with Gasteiger partial charge in [-0.2, -0.15) is 0 Å². The summed E-state index contributed by atoms with van der Waals surface area (Å²) in [6.07, 6.45) is 0. The van der Waals surface area contributed by atoms with E-state index in [1.165, 1.54) is 33.6 Å². The molecule has 0 N–H and O–H groups in total. The molecule has 0 radical (unpaired) electrons. The molecule has 2 aromatic heterocycles. The highest BCUT2D eigenvalue weighted by Crippen LogP contribution is 2.35. The summed E-state index contributed by atoms with van der Waals surface area (Å²) >= 11 is 0. The smallest absolute Gasteiger partial charge is 0.150 e. The number of ether oxygens (including phenoxy) is 2. The van der Waals surface area contributed by atoms with Crippen molar-refractivity contribution in [1.29, 1.82) is 0 Å². The van der Waals surface area contributed by atoms with Gasteiger partial charge in [0.25, 0.3) is 0 Å². The van der Waals surface area contributed by atoms with Crippen LogP contribution in [-0.4, -0.2) is 55.1 Å². The van der Waals surface area contributed by atoms with E-state index in [4.69, 9.17) is 19.4 Å². The second-order valence-corrected chi connectivity index (χ2v) is 8.06. The van der Waals surface area contributed by atoms with Crippen LogP contribution in [0.25, 0.3) is 16.7 Å². The Labute approximate surface area is 179 Å². The molecular formula is C24H34N4O2. The molecule has 0 aliphatic rings. The van der Waals surface area contributed by atoms with Crippen molar-refractivity contribution in [3.8, 4) is 5.69 Å². The van der Waals surface area contributed by atoms with Crippen LogP contribution in [0.15, 0.2) is 12.1 Å².